The Bertz CT molecular complexity index is 1510. The van der Waals surface area contributed by atoms with E-state index < -0.39 is 27.9 Å². The number of β-amino-alcohol motifs (C(OH)–C–C–N with tert-alkyl or cyclic N) is 1. The topological polar surface area (TPSA) is 107 Å². The molecule has 4 rings (SSSR count). The molecule has 41 heavy (non-hydrogen) atoms. The Kier molecular flexibility index (Phi) is 9.44. The summed E-state index contributed by atoms with van der Waals surface area (Å²) in [6, 6.07) is 19.0. The van der Waals surface area contributed by atoms with E-state index in [-0.39, 0.29) is 29.1 Å². The minimum Gasteiger partial charge on any atom is -0.478 e. The summed E-state index contributed by atoms with van der Waals surface area (Å²) >= 11 is 0. The first-order chi connectivity index (χ1) is 19.3. The third kappa shape index (κ3) is 7.89. The van der Waals surface area contributed by atoms with Crippen molar-refractivity contribution in [3.63, 3.8) is 0 Å². The van der Waals surface area contributed by atoms with Crippen molar-refractivity contribution < 1.29 is 27.8 Å². The fraction of sp³-hybridized carbons (Fsp3) is 0.344. The normalized spacial score (nSPS) is 15.0. The van der Waals surface area contributed by atoms with Crippen LogP contribution in [0.5, 0.6) is 0 Å². The molecule has 1 unspecified atom stereocenters. The van der Waals surface area contributed by atoms with Gasteiger partial charge in [0.25, 0.3) is 0 Å². The molecule has 0 saturated heterocycles. The van der Waals surface area contributed by atoms with E-state index in [0.717, 1.165) is 35.7 Å². The number of rotatable bonds is 12. The number of carboxylic acid groups (broad SMARTS) is 1. The Labute approximate surface area is 241 Å². The van der Waals surface area contributed by atoms with Gasteiger partial charge in [0.15, 0.2) is 0 Å². The highest BCUT2D eigenvalue weighted by Crippen LogP contribution is 2.32. The van der Waals surface area contributed by atoms with Crippen molar-refractivity contribution in [1.82, 2.24) is 9.62 Å². The molecule has 1 aliphatic rings. The molecule has 7 nitrogen and oxygen atoms in total. The Morgan fingerprint density at radius 3 is 2.37 bits per heavy atom. The van der Waals surface area contributed by atoms with Crippen LogP contribution in [0, 0.1) is 11.7 Å². The molecular weight excluding hydrogens is 543 g/mol. The van der Waals surface area contributed by atoms with Crippen molar-refractivity contribution in [2.45, 2.75) is 49.6 Å². The van der Waals surface area contributed by atoms with Gasteiger partial charge in [-0.15, -0.1) is 0 Å². The number of aliphatic hydroxyl groups excluding tert-OH is 1. The van der Waals surface area contributed by atoms with E-state index in [0.29, 0.717) is 17.0 Å². The summed E-state index contributed by atoms with van der Waals surface area (Å²) in [5, 5.41) is 22.9. The van der Waals surface area contributed by atoms with Crippen molar-refractivity contribution in [2.24, 2.45) is 5.92 Å². The Morgan fingerprint density at radius 2 is 1.73 bits per heavy atom. The van der Waals surface area contributed by atoms with Gasteiger partial charge in [0, 0.05) is 37.3 Å². The van der Waals surface area contributed by atoms with Crippen LogP contribution in [0.3, 0.4) is 0 Å². The van der Waals surface area contributed by atoms with Gasteiger partial charge in [0.05, 0.1) is 11.0 Å². The number of hydrogen-bond donors (Lipinski definition) is 3. The molecule has 0 radical (unpaired) electrons. The first-order valence-corrected chi connectivity index (χ1v) is 15.1. The molecule has 3 aromatic rings. The van der Waals surface area contributed by atoms with E-state index in [4.69, 9.17) is 5.11 Å². The molecule has 1 atom stereocenters. The standard InChI is InChI=1S/C32H37FN2O5S/c1-32(2,19-22-15-24-7-4-5-8-25(24)16-22)34-20-28(36)21-35(3)41(39,40)29-10-6-9-26(17-29)27-12-11-23(30(33)18-27)13-14-31(37)38/h4-14,17-18,22,28,34,36H,15-16,19-21H2,1-3H3,(H,37,38). The lowest BCUT2D eigenvalue weighted by atomic mass is 9.88. The number of carboxylic acids is 1. The molecule has 0 fully saturated rings. The van der Waals surface area contributed by atoms with E-state index >= 15 is 0 Å². The van der Waals surface area contributed by atoms with Crippen molar-refractivity contribution in [2.75, 3.05) is 20.1 Å². The van der Waals surface area contributed by atoms with Crippen LogP contribution in [-0.4, -0.2) is 60.7 Å². The number of halogens is 1. The monoisotopic (exact) mass is 580 g/mol. The number of sulfonamides is 1. The molecule has 0 heterocycles. The van der Waals surface area contributed by atoms with E-state index in [1.54, 1.807) is 18.2 Å². The molecule has 1 aliphatic carbocycles. The van der Waals surface area contributed by atoms with E-state index in [9.17, 15) is 22.7 Å². The minimum atomic E-state index is -3.93. The Balaban J connectivity index is 1.35. The van der Waals surface area contributed by atoms with Gasteiger partial charge in [-0.2, -0.15) is 4.31 Å². The summed E-state index contributed by atoms with van der Waals surface area (Å²) in [5.41, 5.74) is 3.63. The summed E-state index contributed by atoms with van der Waals surface area (Å²) < 4.78 is 42.3. The first-order valence-electron chi connectivity index (χ1n) is 13.6. The van der Waals surface area contributed by atoms with Gasteiger partial charge in [-0.1, -0.05) is 48.5 Å². The maximum absolute atomic E-state index is 14.5. The molecule has 0 spiro atoms. The zero-order valence-corrected chi connectivity index (χ0v) is 24.4. The van der Waals surface area contributed by atoms with Gasteiger partial charge in [-0.05, 0) is 85.6 Å². The van der Waals surface area contributed by atoms with Crippen molar-refractivity contribution in [3.8, 4) is 11.1 Å². The summed E-state index contributed by atoms with van der Waals surface area (Å²) in [4.78, 5) is 10.7. The number of hydrogen-bond acceptors (Lipinski definition) is 5. The number of carbonyl (C=O) groups is 1. The van der Waals surface area contributed by atoms with Crippen molar-refractivity contribution in [1.29, 1.82) is 0 Å². The van der Waals surface area contributed by atoms with Crippen LogP contribution < -0.4 is 5.32 Å². The SMILES string of the molecule is CN(CC(O)CNC(C)(C)CC1Cc2ccccc2C1)S(=O)(=O)c1cccc(-c2ccc(C=CC(=O)O)c(F)c2)c1. The molecule has 3 N–H and O–H groups in total. The fourth-order valence-corrected chi connectivity index (χ4v) is 6.72. The lowest BCUT2D eigenvalue weighted by molar-refractivity contribution is -0.131. The van der Waals surface area contributed by atoms with E-state index in [1.807, 2.05) is 0 Å². The Morgan fingerprint density at radius 1 is 1.07 bits per heavy atom. The predicted molar refractivity (Wildman–Crippen MR) is 158 cm³/mol. The molecule has 218 valence electrons. The smallest absolute Gasteiger partial charge is 0.328 e. The highest BCUT2D eigenvalue weighted by molar-refractivity contribution is 7.89. The highest BCUT2D eigenvalue weighted by atomic mass is 32.2. The second-order valence-corrected chi connectivity index (χ2v) is 13.4. The number of nitrogens with zero attached hydrogens (tertiary/aromatic N) is 1. The number of aliphatic hydroxyl groups is 1. The van der Waals surface area contributed by atoms with Crippen LogP contribution in [0.1, 0.15) is 37.0 Å². The average Bonchev–Trinajstić information content (AvgIpc) is 3.32. The molecule has 9 heteroatoms. The number of likely N-dealkylation sites (N-methyl/N-ethyl adjacent to an activating group) is 1. The van der Waals surface area contributed by atoms with Crippen LogP contribution >= 0.6 is 0 Å². The second-order valence-electron chi connectivity index (χ2n) is 11.4. The number of nitrogens with one attached hydrogen (secondary N) is 1. The largest absolute Gasteiger partial charge is 0.478 e. The summed E-state index contributed by atoms with van der Waals surface area (Å²) in [7, 11) is -2.50. The fourth-order valence-electron chi connectivity index (χ4n) is 5.46. The van der Waals surface area contributed by atoms with Crippen LogP contribution in [0.4, 0.5) is 4.39 Å². The van der Waals surface area contributed by atoms with Crippen LogP contribution in [0.2, 0.25) is 0 Å². The lowest BCUT2D eigenvalue weighted by Crippen LogP contribution is -2.47. The van der Waals surface area contributed by atoms with Gasteiger partial charge in [-0.3, -0.25) is 0 Å². The zero-order chi connectivity index (χ0) is 29.8. The summed E-state index contributed by atoms with van der Waals surface area (Å²) in [5.74, 6) is -1.29. The average molecular weight is 581 g/mol. The van der Waals surface area contributed by atoms with Crippen LogP contribution in [0.25, 0.3) is 17.2 Å². The summed E-state index contributed by atoms with van der Waals surface area (Å²) in [6.07, 6.45) is 4.11. The van der Waals surface area contributed by atoms with Crippen LogP contribution in [0.15, 0.2) is 77.7 Å². The molecule has 0 aromatic heterocycles. The Hall–Kier alpha value is -3.37. The maximum atomic E-state index is 14.5. The van der Waals surface area contributed by atoms with Gasteiger partial charge >= 0.3 is 5.97 Å². The molecular formula is C32H37FN2O5S. The maximum Gasteiger partial charge on any atom is 0.328 e. The molecule has 0 aliphatic heterocycles. The third-order valence-electron chi connectivity index (χ3n) is 7.50. The molecule has 0 amide bonds. The van der Waals surface area contributed by atoms with Gasteiger partial charge in [-0.25, -0.2) is 17.6 Å². The van der Waals surface area contributed by atoms with Gasteiger partial charge in [0.2, 0.25) is 10.0 Å². The lowest BCUT2D eigenvalue weighted by Gasteiger charge is -2.31. The minimum absolute atomic E-state index is 0.0223. The molecule has 0 saturated carbocycles. The van der Waals surface area contributed by atoms with E-state index in [2.05, 4.69) is 43.4 Å². The highest BCUT2D eigenvalue weighted by Gasteiger charge is 2.29. The third-order valence-corrected chi connectivity index (χ3v) is 9.32. The predicted octanol–water partition coefficient (Wildman–Crippen LogP) is 4.75. The number of benzene rings is 3. The zero-order valence-electron chi connectivity index (χ0n) is 23.5. The first kappa shape index (κ1) is 30.6. The van der Waals surface area contributed by atoms with Crippen molar-refractivity contribution >= 4 is 22.1 Å². The molecule has 3 aromatic carbocycles. The second kappa shape index (κ2) is 12.7. The van der Waals surface area contributed by atoms with E-state index in [1.165, 1.54) is 42.4 Å². The number of fused-ring (bicyclic) bond motifs is 1. The summed E-state index contributed by atoms with van der Waals surface area (Å²) in [6.45, 7) is 4.36. The quantitative estimate of drug-likeness (QED) is 0.267. The number of aliphatic carboxylic acids is 1. The van der Waals surface area contributed by atoms with Gasteiger partial charge in [0.1, 0.15) is 5.82 Å². The molecule has 0 bridgehead atoms. The van der Waals surface area contributed by atoms with Gasteiger partial charge < -0.3 is 15.5 Å². The van der Waals surface area contributed by atoms with Crippen molar-refractivity contribution in [3.05, 3.63) is 95.3 Å². The van der Waals surface area contributed by atoms with Crippen LogP contribution in [-0.2, 0) is 27.7 Å².